The molecule has 0 radical (unpaired) electrons. The topological polar surface area (TPSA) is 29.5 Å². The molecule has 2 rings (SSSR count). The molecule has 0 saturated heterocycles. The molecule has 1 aromatic carbocycles. The Morgan fingerprint density at radius 1 is 1.30 bits per heavy atom. The van der Waals surface area contributed by atoms with Crippen LogP contribution in [0.15, 0.2) is 24.3 Å². The first-order valence-corrected chi connectivity index (χ1v) is 6.96. The molecule has 4 heteroatoms. The average molecular weight is 298 g/mol. The van der Waals surface area contributed by atoms with Crippen LogP contribution >= 0.6 is 12.4 Å². The molecular weight excluding hydrogens is 274 g/mol. The van der Waals surface area contributed by atoms with E-state index in [1.54, 1.807) is 7.11 Å². The van der Waals surface area contributed by atoms with Crippen LogP contribution in [0, 0.1) is 5.92 Å². The number of halogens is 1. The molecule has 1 aliphatic rings. The van der Waals surface area contributed by atoms with E-state index in [0.717, 1.165) is 31.4 Å². The van der Waals surface area contributed by atoms with Crippen LogP contribution in [0.5, 0.6) is 5.75 Å². The second-order valence-corrected chi connectivity index (χ2v) is 5.50. The number of rotatable bonds is 4. The second-order valence-electron chi connectivity index (χ2n) is 5.50. The fourth-order valence-electron chi connectivity index (χ4n) is 3.06. The number of ketones is 1. The summed E-state index contributed by atoms with van der Waals surface area (Å²) >= 11 is 0. The molecule has 1 aromatic rings. The highest BCUT2D eigenvalue weighted by atomic mass is 35.5. The zero-order valence-corrected chi connectivity index (χ0v) is 13.3. The zero-order chi connectivity index (χ0) is 13.8. The summed E-state index contributed by atoms with van der Waals surface area (Å²) in [5.74, 6) is 1.39. The van der Waals surface area contributed by atoms with Crippen LogP contribution in [0.2, 0.25) is 0 Å². The molecule has 0 heterocycles. The average Bonchev–Trinajstić information content (AvgIpc) is 2.41. The highest BCUT2D eigenvalue weighted by Gasteiger charge is 2.32. The van der Waals surface area contributed by atoms with Gasteiger partial charge in [0, 0.05) is 18.4 Å². The molecule has 2 unspecified atom stereocenters. The number of hydrogen-bond donors (Lipinski definition) is 0. The van der Waals surface area contributed by atoms with Crippen molar-refractivity contribution in [3.8, 4) is 5.75 Å². The van der Waals surface area contributed by atoms with Crippen LogP contribution < -0.4 is 4.74 Å². The van der Waals surface area contributed by atoms with Crippen LogP contribution in [-0.2, 0) is 4.79 Å². The van der Waals surface area contributed by atoms with Gasteiger partial charge in [0.2, 0.25) is 0 Å². The standard InChI is InChI=1S/C16H23NO2.ClH/c1-17(2)16(14-9-4-5-10-15(14)18)12-7-6-8-13(11-12)19-3;/h6-8,11,14,16H,4-5,9-10H2,1-3H3;1H. The van der Waals surface area contributed by atoms with Crippen molar-refractivity contribution in [2.45, 2.75) is 31.7 Å². The van der Waals surface area contributed by atoms with E-state index in [9.17, 15) is 4.79 Å². The largest absolute Gasteiger partial charge is 0.497 e. The molecule has 0 spiro atoms. The molecule has 1 fully saturated rings. The maximum Gasteiger partial charge on any atom is 0.137 e. The first-order valence-electron chi connectivity index (χ1n) is 6.96. The molecule has 0 aromatic heterocycles. The molecule has 20 heavy (non-hydrogen) atoms. The molecule has 0 aliphatic heterocycles. The van der Waals surface area contributed by atoms with Gasteiger partial charge in [0.15, 0.2) is 0 Å². The highest BCUT2D eigenvalue weighted by molar-refractivity contribution is 5.85. The van der Waals surface area contributed by atoms with Gasteiger partial charge in [-0.25, -0.2) is 0 Å². The summed E-state index contributed by atoms with van der Waals surface area (Å²) in [4.78, 5) is 14.4. The van der Waals surface area contributed by atoms with Gasteiger partial charge in [0.05, 0.1) is 7.11 Å². The number of carbonyl (C=O) groups is 1. The Morgan fingerprint density at radius 2 is 2.05 bits per heavy atom. The Balaban J connectivity index is 0.00000200. The fourth-order valence-corrected chi connectivity index (χ4v) is 3.06. The predicted molar refractivity (Wildman–Crippen MR) is 83.6 cm³/mol. The van der Waals surface area contributed by atoms with Gasteiger partial charge in [-0.3, -0.25) is 4.79 Å². The number of carbonyl (C=O) groups excluding carboxylic acids is 1. The van der Waals surface area contributed by atoms with Gasteiger partial charge < -0.3 is 9.64 Å². The Bertz CT molecular complexity index is 448. The minimum Gasteiger partial charge on any atom is -0.497 e. The Hall–Kier alpha value is -1.06. The maximum atomic E-state index is 12.2. The van der Waals surface area contributed by atoms with E-state index in [-0.39, 0.29) is 24.4 Å². The molecule has 1 aliphatic carbocycles. The maximum absolute atomic E-state index is 12.2. The Kier molecular flexibility index (Phi) is 6.50. The van der Waals surface area contributed by atoms with Crippen molar-refractivity contribution in [3.05, 3.63) is 29.8 Å². The summed E-state index contributed by atoms with van der Waals surface area (Å²) in [5, 5.41) is 0. The van der Waals surface area contributed by atoms with Crippen molar-refractivity contribution in [2.75, 3.05) is 21.2 Å². The van der Waals surface area contributed by atoms with Gasteiger partial charge in [0.1, 0.15) is 11.5 Å². The molecule has 1 saturated carbocycles. The summed E-state index contributed by atoms with van der Waals surface area (Å²) in [5.41, 5.74) is 1.17. The minimum atomic E-state index is 0. The van der Waals surface area contributed by atoms with Gasteiger partial charge in [-0.15, -0.1) is 12.4 Å². The van der Waals surface area contributed by atoms with Gasteiger partial charge >= 0.3 is 0 Å². The number of nitrogens with zero attached hydrogens (tertiary/aromatic N) is 1. The molecule has 2 atom stereocenters. The number of methoxy groups -OCH3 is 1. The van der Waals surface area contributed by atoms with Crippen LogP contribution in [0.25, 0.3) is 0 Å². The van der Waals surface area contributed by atoms with Crippen LogP contribution in [0.4, 0.5) is 0 Å². The van der Waals surface area contributed by atoms with E-state index in [0.29, 0.717) is 5.78 Å². The highest BCUT2D eigenvalue weighted by Crippen LogP contribution is 2.36. The van der Waals surface area contributed by atoms with Crippen molar-refractivity contribution in [1.82, 2.24) is 4.90 Å². The van der Waals surface area contributed by atoms with Crippen molar-refractivity contribution in [3.63, 3.8) is 0 Å². The minimum absolute atomic E-state index is 0. The number of hydrogen-bond acceptors (Lipinski definition) is 3. The van der Waals surface area contributed by atoms with Crippen molar-refractivity contribution in [2.24, 2.45) is 5.92 Å². The van der Waals surface area contributed by atoms with Crippen molar-refractivity contribution in [1.29, 1.82) is 0 Å². The quantitative estimate of drug-likeness (QED) is 0.852. The van der Waals surface area contributed by atoms with Gasteiger partial charge in [-0.05, 0) is 44.6 Å². The lowest BCUT2D eigenvalue weighted by Gasteiger charge is -2.34. The van der Waals surface area contributed by atoms with Gasteiger partial charge in [-0.2, -0.15) is 0 Å². The molecule has 0 amide bonds. The molecule has 112 valence electrons. The van der Waals surface area contributed by atoms with Crippen LogP contribution in [-0.4, -0.2) is 31.9 Å². The van der Waals surface area contributed by atoms with E-state index in [1.807, 2.05) is 32.3 Å². The Morgan fingerprint density at radius 3 is 2.65 bits per heavy atom. The van der Waals surface area contributed by atoms with Crippen LogP contribution in [0.3, 0.4) is 0 Å². The third-order valence-corrected chi connectivity index (χ3v) is 3.97. The van der Waals surface area contributed by atoms with Crippen molar-refractivity contribution >= 4 is 18.2 Å². The van der Waals surface area contributed by atoms with Crippen molar-refractivity contribution < 1.29 is 9.53 Å². The number of benzene rings is 1. The lowest BCUT2D eigenvalue weighted by atomic mass is 9.79. The summed E-state index contributed by atoms with van der Waals surface area (Å²) in [7, 11) is 5.77. The molecular formula is C16H24ClNO2. The van der Waals surface area contributed by atoms with E-state index < -0.39 is 0 Å². The molecule has 0 bridgehead atoms. The summed E-state index contributed by atoms with van der Waals surface area (Å²) in [6, 6.07) is 8.24. The normalized spacial score (nSPS) is 20.4. The smallest absolute Gasteiger partial charge is 0.137 e. The van der Waals surface area contributed by atoms with E-state index in [2.05, 4.69) is 11.0 Å². The summed E-state index contributed by atoms with van der Waals surface area (Å²) in [6.45, 7) is 0. The Labute approximate surface area is 127 Å². The first kappa shape index (κ1) is 17.0. The van der Waals surface area contributed by atoms with E-state index in [1.165, 1.54) is 5.56 Å². The van der Waals surface area contributed by atoms with E-state index in [4.69, 9.17) is 4.74 Å². The lowest BCUT2D eigenvalue weighted by Crippen LogP contribution is -2.34. The van der Waals surface area contributed by atoms with Crippen LogP contribution in [0.1, 0.15) is 37.3 Å². The zero-order valence-electron chi connectivity index (χ0n) is 12.5. The van der Waals surface area contributed by atoms with E-state index >= 15 is 0 Å². The fraction of sp³-hybridized carbons (Fsp3) is 0.562. The second kappa shape index (κ2) is 7.65. The van der Waals surface area contributed by atoms with Gasteiger partial charge in [0.25, 0.3) is 0 Å². The number of Topliss-reactive ketones (excluding diaryl/α,β-unsaturated/α-hetero) is 1. The first-order chi connectivity index (χ1) is 9.13. The third kappa shape index (κ3) is 3.74. The predicted octanol–water partition coefficient (Wildman–Crippen LogP) is 3.48. The number of ether oxygens (including phenoxy) is 1. The molecule has 3 nitrogen and oxygen atoms in total. The monoisotopic (exact) mass is 297 g/mol. The van der Waals surface area contributed by atoms with Gasteiger partial charge in [-0.1, -0.05) is 18.6 Å². The molecule has 0 N–H and O–H groups in total. The third-order valence-electron chi connectivity index (χ3n) is 3.97. The lowest BCUT2D eigenvalue weighted by molar-refractivity contribution is -0.126. The summed E-state index contributed by atoms with van der Waals surface area (Å²) in [6.07, 6.45) is 3.94. The SMILES string of the molecule is COc1cccc(C(C2CCCCC2=O)N(C)C)c1.Cl. The summed E-state index contributed by atoms with van der Waals surface area (Å²) < 4.78 is 5.30.